The van der Waals surface area contributed by atoms with E-state index in [1.807, 2.05) is 0 Å². The zero-order valence-corrected chi connectivity index (χ0v) is 14.8. The van der Waals surface area contributed by atoms with Crippen molar-refractivity contribution in [2.45, 2.75) is 104 Å². The lowest BCUT2D eigenvalue weighted by molar-refractivity contribution is -0.425. The van der Waals surface area contributed by atoms with E-state index in [0.717, 1.165) is 38.5 Å². The number of aliphatic hydroxyl groups is 1. The Hall–Kier alpha value is -0.120. The molecule has 0 bridgehead atoms. The molecule has 2 unspecified atom stereocenters. The Morgan fingerprint density at radius 3 is 2.14 bits per heavy atom. The van der Waals surface area contributed by atoms with Gasteiger partial charge in [0.05, 0.1) is 6.61 Å². The normalized spacial score (nSPS) is 15.9. The van der Waals surface area contributed by atoms with Gasteiger partial charge in [-0.05, 0) is 18.8 Å². The lowest BCUT2D eigenvalue weighted by Gasteiger charge is -2.30. The summed E-state index contributed by atoms with van der Waals surface area (Å²) < 4.78 is 0. The summed E-state index contributed by atoms with van der Waals surface area (Å²) in [5, 5.41) is 10.8. The van der Waals surface area contributed by atoms with Crippen molar-refractivity contribution in [2.24, 2.45) is 5.92 Å². The predicted molar refractivity (Wildman–Crippen MR) is 89.0 cm³/mol. The molecular weight excluding hydrogens is 264 g/mol. The van der Waals surface area contributed by atoms with Crippen LogP contribution in [0.3, 0.4) is 0 Å². The van der Waals surface area contributed by atoms with Crippen molar-refractivity contribution in [2.75, 3.05) is 6.61 Å². The average Bonchev–Trinajstić information content (AvgIpc) is 2.48. The first kappa shape index (κ1) is 20.9. The molecular formula is C18H38O3. The smallest absolute Gasteiger partial charge is 0.199 e. The first-order chi connectivity index (χ1) is 10.1. The van der Waals surface area contributed by atoms with E-state index in [2.05, 4.69) is 27.7 Å². The maximum atomic E-state index is 10.8. The van der Waals surface area contributed by atoms with Gasteiger partial charge < -0.3 is 5.11 Å². The Morgan fingerprint density at radius 1 is 0.905 bits per heavy atom. The second-order valence-corrected chi connectivity index (χ2v) is 6.28. The van der Waals surface area contributed by atoms with Crippen LogP contribution in [-0.2, 0) is 9.78 Å². The third-order valence-electron chi connectivity index (χ3n) is 4.12. The highest BCUT2D eigenvalue weighted by Gasteiger charge is 2.31. The summed E-state index contributed by atoms with van der Waals surface area (Å²) in [6.07, 6.45) is 11.4. The molecule has 0 spiro atoms. The summed E-state index contributed by atoms with van der Waals surface area (Å²) >= 11 is 0. The van der Waals surface area contributed by atoms with Gasteiger partial charge in [0.25, 0.3) is 0 Å². The molecule has 2 atom stereocenters. The van der Waals surface area contributed by atoms with Crippen LogP contribution in [0.4, 0.5) is 0 Å². The quantitative estimate of drug-likeness (QED) is 0.185. The van der Waals surface area contributed by atoms with Crippen LogP contribution in [0.2, 0.25) is 0 Å². The molecule has 0 aliphatic carbocycles. The van der Waals surface area contributed by atoms with E-state index in [1.165, 1.54) is 19.3 Å². The molecule has 0 heterocycles. The van der Waals surface area contributed by atoms with Crippen LogP contribution in [0.1, 0.15) is 98.3 Å². The molecule has 3 nitrogen and oxygen atoms in total. The first-order valence-electron chi connectivity index (χ1n) is 9.14. The number of hydrogen-bond acceptors (Lipinski definition) is 3. The van der Waals surface area contributed by atoms with Gasteiger partial charge in [-0.25, -0.2) is 9.78 Å². The molecule has 1 N–H and O–H groups in total. The topological polar surface area (TPSA) is 38.7 Å². The van der Waals surface area contributed by atoms with Gasteiger partial charge in [-0.3, -0.25) is 0 Å². The van der Waals surface area contributed by atoms with Gasteiger partial charge >= 0.3 is 0 Å². The molecule has 0 fully saturated rings. The van der Waals surface area contributed by atoms with Gasteiger partial charge in [0.2, 0.25) is 0 Å². The minimum atomic E-state index is -1.10. The Balaban J connectivity index is 4.37. The average molecular weight is 302 g/mol. The largest absolute Gasteiger partial charge is 0.363 e. The van der Waals surface area contributed by atoms with Crippen molar-refractivity contribution in [1.29, 1.82) is 0 Å². The van der Waals surface area contributed by atoms with Gasteiger partial charge in [-0.15, -0.1) is 0 Å². The standard InChI is InChI=1S/C18H38O3/c1-5-9-12-14-18(19,21-20-15-11-7-3)16-17(8-4)13-10-6-2/h17,19H,5-16H2,1-4H3. The van der Waals surface area contributed by atoms with Gasteiger partial charge in [0.15, 0.2) is 5.79 Å². The van der Waals surface area contributed by atoms with Crippen molar-refractivity contribution in [1.82, 2.24) is 0 Å². The minimum Gasteiger partial charge on any atom is -0.363 e. The van der Waals surface area contributed by atoms with Crippen LogP contribution < -0.4 is 0 Å². The maximum absolute atomic E-state index is 10.8. The van der Waals surface area contributed by atoms with Crippen molar-refractivity contribution in [3.8, 4) is 0 Å². The number of unbranched alkanes of at least 4 members (excludes halogenated alkanes) is 4. The predicted octanol–water partition coefficient (Wildman–Crippen LogP) is 5.61. The summed E-state index contributed by atoms with van der Waals surface area (Å²) in [7, 11) is 0. The van der Waals surface area contributed by atoms with Gasteiger partial charge in [-0.1, -0.05) is 72.6 Å². The fraction of sp³-hybridized carbons (Fsp3) is 1.00. The highest BCUT2D eigenvalue weighted by Crippen LogP contribution is 2.29. The Morgan fingerprint density at radius 2 is 1.57 bits per heavy atom. The Kier molecular flexibility index (Phi) is 13.5. The fourth-order valence-corrected chi connectivity index (χ4v) is 2.58. The molecule has 0 aromatic heterocycles. The lowest BCUT2D eigenvalue weighted by atomic mass is 9.89. The van der Waals surface area contributed by atoms with E-state index >= 15 is 0 Å². The SMILES string of the molecule is CCCCCC(O)(CC(CC)CCCC)OOCCCC. The van der Waals surface area contributed by atoms with Crippen molar-refractivity contribution in [3.05, 3.63) is 0 Å². The van der Waals surface area contributed by atoms with Crippen LogP contribution in [0.15, 0.2) is 0 Å². The van der Waals surface area contributed by atoms with E-state index in [1.54, 1.807) is 0 Å². The highest BCUT2D eigenvalue weighted by atomic mass is 17.2. The van der Waals surface area contributed by atoms with E-state index in [0.29, 0.717) is 25.4 Å². The minimum absolute atomic E-state index is 0.520. The lowest BCUT2D eigenvalue weighted by Crippen LogP contribution is -2.35. The van der Waals surface area contributed by atoms with Gasteiger partial charge in [0.1, 0.15) is 0 Å². The Labute approximate surface area is 132 Å². The summed E-state index contributed by atoms with van der Waals surface area (Å²) in [6.45, 7) is 9.27. The highest BCUT2D eigenvalue weighted by molar-refractivity contribution is 4.72. The molecule has 21 heavy (non-hydrogen) atoms. The third kappa shape index (κ3) is 11.1. The molecule has 0 aliphatic heterocycles. The molecule has 0 radical (unpaired) electrons. The van der Waals surface area contributed by atoms with Crippen molar-refractivity contribution < 1.29 is 14.9 Å². The van der Waals surface area contributed by atoms with Crippen LogP contribution in [0.25, 0.3) is 0 Å². The molecule has 0 aromatic rings. The van der Waals surface area contributed by atoms with Crippen LogP contribution in [0, 0.1) is 5.92 Å². The molecule has 0 aliphatic rings. The third-order valence-corrected chi connectivity index (χ3v) is 4.12. The summed E-state index contributed by atoms with van der Waals surface area (Å²) in [5.74, 6) is -0.580. The fourth-order valence-electron chi connectivity index (χ4n) is 2.58. The van der Waals surface area contributed by atoms with E-state index in [-0.39, 0.29) is 0 Å². The summed E-state index contributed by atoms with van der Waals surface area (Å²) in [5.41, 5.74) is 0. The number of hydrogen-bond donors (Lipinski definition) is 1. The zero-order valence-electron chi connectivity index (χ0n) is 14.8. The molecule has 3 heteroatoms. The molecule has 128 valence electrons. The maximum Gasteiger partial charge on any atom is 0.199 e. The first-order valence-corrected chi connectivity index (χ1v) is 9.14. The van der Waals surface area contributed by atoms with E-state index < -0.39 is 5.79 Å². The second-order valence-electron chi connectivity index (χ2n) is 6.28. The summed E-state index contributed by atoms with van der Waals surface area (Å²) in [4.78, 5) is 10.7. The second kappa shape index (κ2) is 13.5. The van der Waals surface area contributed by atoms with Gasteiger partial charge in [0, 0.05) is 12.8 Å². The molecule has 0 rings (SSSR count). The Bertz CT molecular complexity index is 221. The molecule has 0 saturated heterocycles. The van der Waals surface area contributed by atoms with Crippen LogP contribution in [0.5, 0.6) is 0 Å². The van der Waals surface area contributed by atoms with Crippen LogP contribution in [-0.4, -0.2) is 17.5 Å². The monoisotopic (exact) mass is 302 g/mol. The van der Waals surface area contributed by atoms with Crippen molar-refractivity contribution >= 4 is 0 Å². The zero-order chi connectivity index (χ0) is 16.0. The van der Waals surface area contributed by atoms with E-state index in [9.17, 15) is 5.11 Å². The molecule has 0 saturated carbocycles. The van der Waals surface area contributed by atoms with E-state index in [4.69, 9.17) is 9.78 Å². The molecule has 0 amide bonds. The number of rotatable bonds is 15. The summed E-state index contributed by atoms with van der Waals surface area (Å²) in [6, 6.07) is 0. The van der Waals surface area contributed by atoms with Crippen molar-refractivity contribution in [3.63, 3.8) is 0 Å². The molecule has 0 aromatic carbocycles. The van der Waals surface area contributed by atoms with Crippen LogP contribution >= 0.6 is 0 Å². The van der Waals surface area contributed by atoms with Gasteiger partial charge in [-0.2, -0.15) is 0 Å².